The molecule has 0 unspecified atom stereocenters. The Hall–Kier alpha value is -2.41. The van der Waals surface area contributed by atoms with Crippen LogP contribution in [0.25, 0.3) is 10.6 Å². The molecule has 2 aromatic rings. The topological polar surface area (TPSA) is 96.5 Å². The highest BCUT2D eigenvalue weighted by molar-refractivity contribution is 7.13. The van der Waals surface area contributed by atoms with Crippen molar-refractivity contribution in [2.75, 3.05) is 19.3 Å². The third-order valence-corrected chi connectivity index (χ3v) is 3.78. The van der Waals surface area contributed by atoms with E-state index in [9.17, 15) is 9.59 Å². The Morgan fingerprint density at radius 2 is 2.00 bits per heavy atom. The Morgan fingerprint density at radius 1 is 1.33 bits per heavy atom. The van der Waals surface area contributed by atoms with Crippen LogP contribution in [0.5, 0.6) is 0 Å². The molecule has 0 spiro atoms. The maximum absolute atomic E-state index is 11.8. The monoisotopic (exact) mass is 305 g/mol. The number of aromatic nitrogens is 1. The highest BCUT2D eigenvalue weighted by Crippen LogP contribution is 2.24. The third-order valence-electron chi connectivity index (χ3n) is 2.84. The van der Waals surface area contributed by atoms with E-state index >= 15 is 0 Å². The lowest BCUT2D eigenvalue weighted by Gasteiger charge is -2.13. The molecule has 0 atom stereocenters. The number of carboxylic acid groups (broad SMARTS) is 1. The largest absolute Gasteiger partial charge is 0.480 e. The van der Waals surface area contributed by atoms with E-state index in [1.54, 1.807) is 17.5 Å². The highest BCUT2D eigenvalue weighted by atomic mass is 32.1. The molecule has 2 rings (SSSR count). The van der Waals surface area contributed by atoms with Crippen molar-refractivity contribution in [1.82, 2.24) is 9.88 Å². The fourth-order valence-electron chi connectivity index (χ4n) is 1.73. The average Bonchev–Trinajstić information content (AvgIpc) is 2.87. The molecule has 0 saturated heterocycles. The number of amides is 1. The minimum absolute atomic E-state index is 0.0925. The van der Waals surface area contributed by atoms with Crippen molar-refractivity contribution < 1.29 is 14.7 Å². The SMILES string of the molecule is CN(CC(=O)O)C(=O)Cc1csc(-c2ccc(N)cc2)n1. The van der Waals surface area contributed by atoms with E-state index in [4.69, 9.17) is 10.8 Å². The first kappa shape index (κ1) is 15.0. The molecule has 0 bridgehead atoms. The lowest BCUT2D eigenvalue weighted by molar-refractivity contribution is -0.143. The van der Waals surface area contributed by atoms with E-state index in [2.05, 4.69) is 4.98 Å². The van der Waals surface area contributed by atoms with Crippen molar-refractivity contribution in [3.63, 3.8) is 0 Å². The lowest BCUT2D eigenvalue weighted by Crippen LogP contribution is -2.33. The molecule has 0 fully saturated rings. The maximum Gasteiger partial charge on any atom is 0.323 e. The van der Waals surface area contributed by atoms with Crippen LogP contribution >= 0.6 is 11.3 Å². The molecule has 1 aromatic heterocycles. The van der Waals surface area contributed by atoms with Crippen molar-refractivity contribution in [2.24, 2.45) is 0 Å². The number of aliphatic carboxylic acids is 1. The fraction of sp³-hybridized carbons (Fsp3) is 0.214. The second-order valence-corrected chi connectivity index (χ2v) is 5.44. The van der Waals surface area contributed by atoms with Gasteiger partial charge in [-0.3, -0.25) is 9.59 Å². The van der Waals surface area contributed by atoms with E-state index in [0.717, 1.165) is 10.6 Å². The summed E-state index contributed by atoms with van der Waals surface area (Å²) in [5.41, 5.74) is 7.89. The fourth-order valence-corrected chi connectivity index (χ4v) is 2.55. The first-order chi connectivity index (χ1) is 9.95. The van der Waals surface area contributed by atoms with Crippen molar-refractivity contribution in [3.8, 4) is 10.6 Å². The lowest BCUT2D eigenvalue weighted by atomic mass is 10.2. The predicted octanol–water partition coefficient (Wildman–Crippen LogP) is 1.48. The van der Waals surface area contributed by atoms with Crippen LogP contribution in [0.2, 0.25) is 0 Å². The normalized spacial score (nSPS) is 10.3. The van der Waals surface area contributed by atoms with E-state index in [1.807, 2.05) is 12.1 Å². The number of benzene rings is 1. The molecular formula is C14H15N3O3S. The molecule has 7 heteroatoms. The number of anilines is 1. The van der Waals surface area contributed by atoms with Crippen LogP contribution in [0, 0.1) is 0 Å². The molecule has 110 valence electrons. The van der Waals surface area contributed by atoms with Gasteiger partial charge in [0.15, 0.2) is 0 Å². The first-order valence-corrected chi connectivity index (χ1v) is 7.09. The standard InChI is InChI=1S/C14H15N3O3S/c1-17(7-13(19)20)12(18)6-11-8-21-14(16-11)9-2-4-10(15)5-3-9/h2-5,8H,6-7,15H2,1H3,(H,19,20). The number of nitrogen functional groups attached to an aromatic ring is 1. The summed E-state index contributed by atoms with van der Waals surface area (Å²) in [5, 5.41) is 11.3. The molecule has 0 aliphatic heterocycles. The molecule has 0 radical (unpaired) electrons. The number of carboxylic acids is 1. The molecule has 1 heterocycles. The molecule has 21 heavy (non-hydrogen) atoms. The third kappa shape index (κ3) is 4.03. The number of likely N-dealkylation sites (N-methyl/N-ethyl adjacent to an activating group) is 1. The Kier molecular flexibility index (Phi) is 4.54. The molecule has 1 amide bonds. The van der Waals surface area contributed by atoms with E-state index in [1.165, 1.54) is 23.3 Å². The minimum Gasteiger partial charge on any atom is -0.480 e. The number of rotatable bonds is 5. The summed E-state index contributed by atoms with van der Waals surface area (Å²) in [4.78, 5) is 28.0. The van der Waals surface area contributed by atoms with Gasteiger partial charge in [0.1, 0.15) is 11.6 Å². The molecule has 0 aliphatic carbocycles. The molecular weight excluding hydrogens is 290 g/mol. The van der Waals surface area contributed by atoms with E-state index in [-0.39, 0.29) is 18.9 Å². The highest BCUT2D eigenvalue weighted by Gasteiger charge is 2.14. The van der Waals surface area contributed by atoms with Gasteiger partial charge in [0.25, 0.3) is 0 Å². The van der Waals surface area contributed by atoms with Crippen LogP contribution in [-0.4, -0.2) is 40.5 Å². The molecule has 3 N–H and O–H groups in total. The van der Waals surface area contributed by atoms with Gasteiger partial charge in [-0.05, 0) is 24.3 Å². The summed E-state index contributed by atoms with van der Waals surface area (Å²) in [5.74, 6) is -1.31. The van der Waals surface area contributed by atoms with Gasteiger partial charge in [-0.1, -0.05) is 0 Å². The summed E-state index contributed by atoms with van der Waals surface area (Å²) in [6, 6.07) is 7.33. The predicted molar refractivity (Wildman–Crippen MR) is 80.9 cm³/mol. The van der Waals surface area contributed by atoms with E-state index in [0.29, 0.717) is 11.4 Å². The number of nitrogens with two attached hydrogens (primary N) is 1. The maximum atomic E-state index is 11.8. The van der Waals surface area contributed by atoms with Gasteiger partial charge in [-0.25, -0.2) is 4.98 Å². The number of nitrogens with zero attached hydrogens (tertiary/aromatic N) is 2. The van der Waals surface area contributed by atoms with Gasteiger partial charge in [0.05, 0.1) is 12.1 Å². The number of carbonyl (C=O) groups is 2. The second-order valence-electron chi connectivity index (χ2n) is 4.59. The van der Waals surface area contributed by atoms with Crippen molar-refractivity contribution in [3.05, 3.63) is 35.3 Å². The van der Waals surface area contributed by atoms with Crippen LogP contribution in [0.1, 0.15) is 5.69 Å². The van der Waals surface area contributed by atoms with Gasteiger partial charge >= 0.3 is 5.97 Å². The zero-order valence-electron chi connectivity index (χ0n) is 11.4. The summed E-state index contributed by atoms with van der Waals surface area (Å²) >= 11 is 1.44. The number of thiazole rings is 1. The van der Waals surface area contributed by atoms with Crippen molar-refractivity contribution >= 4 is 28.9 Å². The van der Waals surface area contributed by atoms with Crippen LogP contribution in [0.3, 0.4) is 0 Å². The van der Waals surface area contributed by atoms with Gasteiger partial charge in [-0.2, -0.15) is 0 Å². The van der Waals surface area contributed by atoms with Crippen LogP contribution in [-0.2, 0) is 16.0 Å². The summed E-state index contributed by atoms with van der Waals surface area (Å²) in [7, 11) is 1.46. The summed E-state index contributed by atoms with van der Waals surface area (Å²) in [6.45, 7) is -0.312. The van der Waals surface area contributed by atoms with E-state index < -0.39 is 5.97 Å². The van der Waals surface area contributed by atoms with Crippen molar-refractivity contribution in [2.45, 2.75) is 6.42 Å². The Balaban J connectivity index is 2.05. The first-order valence-electron chi connectivity index (χ1n) is 6.22. The number of hydrogen-bond donors (Lipinski definition) is 2. The van der Waals surface area contributed by atoms with Crippen LogP contribution < -0.4 is 5.73 Å². The summed E-state index contributed by atoms with van der Waals surface area (Å²) < 4.78 is 0. The van der Waals surface area contributed by atoms with Gasteiger partial charge in [-0.15, -0.1) is 11.3 Å². The average molecular weight is 305 g/mol. The van der Waals surface area contributed by atoms with Gasteiger partial charge in [0, 0.05) is 23.7 Å². The molecule has 6 nitrogen and oxygen atoms in total. The Morgan fingerprint density at radius 3 is 2.62 bits per heavy atom. The van der Waals surface area contributed by atoms with Gasteiger partial charge < -0.3 is 15.7 Å². The van der Waals surface area contributed by atoms with Crippen molar-refractivity contribution in [1.29, 1.82) is 0 Å². The number of carbonyl (C=O) groups excluding carboxylic acids is 1. The quantitative estimate of drug-likeness (QED) is 0.816. The molecule has 0 saturated carbocycles. The van der Waals surface area contributed by atoms with Crippen LogP contribution in [0.4, 0.5) is 5.69 Å². The molecule has 1 aromatic carbocycles. The minimum atomic E-state index is -1.04. The smallest absolute Gasteiger partial charge is 0.323 e. The number of hydrogen-bond acceptors (Lipinski definition) is 5. The van der Waals surface area contributed by atoms with Crippen LogP contribution in [0.15, 0.2) is 29.6 Å². The Bertz CT molecular complexity index is 652. The second kappa shape index (κ2) is 6.36. The zero-order valence-corrected chi connectivity index (χ0v) is 12.3. The molecule has 0 aliphatic rings. The zero-order chi connectivity index (χ0) is 15.4. The Labute approximate surface area is 125 Å². The van der Waals surface area contributed by atoms with Gasteiger partial charge in [0.2, 0.25) is 5.91 Å². The summed E-state index contributed by atoms with van der Waals surface area (Å²) in [6.07, 6.45) is 0.0925.